The third-order valence-corrected chi connectivity index (χ3v) is 2.80. The number of carbonyl (C=O) groups excluding carboxylic acids is 1. The zero-order valence-corrected chi connectivity index (χ0v) is 10.4. The Morgan fingerprint density at radius 3 is 2.50 bits per heavy atom. The summed E-state index contributed by atoms with van der Waals surface area (Å²) in [5.41, 5.74) is 1.81. The lowest BCUT2D eigenvalue weighted by Crippen LogP contribution is -2.04. The molecule has 1 aromatic carbocycles. The van der Waals surface area contributed by atoms with E-state index in [-0.39, 0.29) is 11.7 Å². The molecule has 18 heavy (non-hydrogen) atoms. The minimum absolute atomic E-state index is 0.118. The van der Waals surface area contributed by atoms with E-state index in [9.17, 15) is 9.90 Å². The van der Waals surface area contributed by atoms with E-state index >= 15 is 0 Å². The van der Waals surface area contributed by atoms with Crippen molar-refractivity contribution in [3.63, 3.8) is 0 Å². The van der Waals surface area contributed by atoms with Crippen molar-refractivity contribution in [3.05, 3.63) is 35.0 Å². The number of benzene rings is 1. The second-order valence-corrected chi connectivity index (χ2v) is 4.31. The molecule has 0 aliphatic heterocycles. The van der Waals surface area contributed by atoms with Crippen molar-refractivity contribution in [2.45, 2.75) is 6.92 Å². The van der Waals surface area contributed by atoms with Crippen molar-refractivity contribution in [2.24, 2.45) is 10.2 Å². The van der Waals surface area contributed by atoms with Gasteiger partial charge in [0, 0.05) is 23.4 Å². The van der Waals surface area contributed by atoms with Crippen LogP contribution in [0.3, 0.4) is 0 Å². The molecule has 0 atom stereocenters. The highest BCUT2D eigenvalue weighted by atomic mass is 32.1. The largest absolute Gasteiger partial charge is 0.505 e. The molecule has 5 nitrogen and oxygen atoms in total. The van der Waals surface area contributed by atoms with Gasteiger partial charge in [0.2, 0.25) is 5.91 Å². The molecular formula is C12H11N3O2S. The van der Waals surface area contributed by atoms with Gasteiger partial charge in [-0.25, -0.2) is 0 Å². The van der Waals surface area contributed by atoms with Gasteiger partial charge in [-0.2, -0.15) is 5.11 Å². The van der Waals surface area contributed by atoms with Gasteiger partial charge in [-0.05, 0) is 24.3 Å². The summed E-state index contributed by atoms with van der Waals surface area (Å²) < 4.78 is 0. The predicted octanol–water partition coefficient (Wildman–Crippen LogP) is 3.83. The molecule has 0 radical (unpaired) electrons. The van der Waals surface area contributed by atoms with E-state index < -0.39 is 0 Å². The molecule has 0 spiro atoms. The van der Waals surface area contributed by atoms with Gasteiger partial charge in [0.15, 0.2) is 5.75 Å². The number of anilines is 1. The van der Waals surface area contributed by atoms with Gasteiger partial charge in [0.05, 0.1) is 5.69 Å². The minimum Gasteiger partial charge on any atom is -0.505 e. The summed E-state index contributed by atoms with van der Waals surface area (Å²) in [5, 5.41) is 23.3. The molecule has 1 aromatic heterocycles. The third-order valence-electron chi connectivity index (χ3n) is 2.08. The lowest BCUT2D eigenvalue weighted by atomic mass is 10.3. The molecule has 2 N–H and O–H groups in total. The van der Waals surface area contributed by atoms with E-state index in [0.717, 1.165) is 0 Å². The summed E-state index contributed by atoms with van der Waals surface area (Å²) in [6, 6.07) is 6.95. The summed E-state index contributed by atoms with van der Waals surface area (Å²) in [7, 11) is 0. The molecule has 92 valence electrons. The Morgan fingerprint density at radius 2 is 1.94 bits per heavy atom. The monoisotopic (exact) mass is 261 g/mol. The highest BCUT2D eigenvalue weighted by Gasteiger charge is 1.99. The topological polar surface area (TPSA) is 74.0 Å². The quantitative estimate of drug-likeness (QED) is 0.824. The van der Waals surface area contributed by atoms with Crippen LogP contribution >= 0.6 is 11.3 Å². The fourth-order valence-corrected chi connectivity index (χ4v) is 1.90. The van der Waals surface area contributed by atoms with E-state index in [1.165, 1.54) is 18.3 Å². The number of azo groups is 1. The van der Waals surface area contributed by atoms with E-state index in [2.05, 4.69) is 15.5 Å². The third kappa shape index (κ3) is 3.14. The van der Waals surface area contributed by atoms with Crippen molar-refractivity contribution in [3.8, 4) is 5.75 Å². The SMILES string of the molecule is CC(=O)Nc1ccc(N=Nc2cscc2O)cc1. The summed E-state index contributed by atoms with van der Waals surface area (Å²) >= 11 is 1.36. The summed E-state index contributed by atoms with van der Waals surface area (Å²) in [6.07, 6.45) is 0. The second kappa shape index (κ2) is 5.42. The summed E-state index contributed by atoms with van der Waals surface area (Å²) in [5.74, 6) is 0.00573. The van der Waals surface area contributed by atoms with Crippen LogP contribution in [0.1, 0.15) is 6.92 Å². The fraction of sp³-hybridized carbons (Fsp3) is 0.0833. The van der Waals surface area contributed by atoms with Crippen molar-refractivity contribution in [1.29, 1.82) is 0 Å². The second-order valence-electron chi connectivity index (χ2n) is 3.57. The van der Waals surface area contributed by atoms with Gasteiger partial charge in [0.25, 0.3) is 0 Å². The maximum atomic E-state index is 10.8. The first-order valence-corrected chi connectivity index (χ1v) is 6.14. The van der Waals surface area contributed by atoms with Gasteiger partial charge in [-0.3, -0.25) is 4.79 Å². The number of rotatable bonds is 3. The number of carbonyl (C=O) groups is 1. The highest BCUT2D eigenvalue weighted by Crippen LogP contribution is 2.31. The van der Waals surface area contributed by atoms with E-state index in [1.807, 2.05) is 0 Å². The molecule has 1 heterocycles. The number of hydrogen-bond acceptors (Lipinski definition) is 5. The first-order valence-electron chi connectivity index (χ1n) is 5.20. The van der Waals surface area contributed by atoms with E-state index in [4.69, 9.17) is 0 Å². The Kier molecular flexibility index (Phi) is 3.69. The number of amides is 1. The zero-order valence-electron chi connectivity index (χ0n) is 9.62. The standard InChI is InChI=1S/C12H11N3O2S/c1-8(16)13-9-2-4-10(5-3-9)14-15-11-6-18-7-12(11)17/h2-7,17H,1H3,(H,13,16). The van der Waals surface area contributed by atoms with Crippen LogP contribution < -0.4 is 5.32 Å². The molecule has 2 aromatic rings. The Morgan fingerprint density at radius 1 is 1.22 bits per heavy atom. The van der Waals surface area contributed by atoms with Gasteiger partial charge in [0.1, 0.15) is 5.69 Å². The molecule has 1 amide bonds. The minimum atomic E-state index is -0.118. The van der Waals surface area contributed by atoms with Crippen LogP contribution in [0.15, 0.2) is 45.3 Å². The summed E-state index contributed by atoms with van der Waals surface area (Å²) in [4.78, 5) is 10.8. The number of hydrogen-bond donors (Lipinski definition) is 2. The maximum Gasteiger partial charge on any atom is 0.221 e. The van der Waals surface area contributed by atoms with Gasteiger partial charge in [-0.1, -0.05) is 0 Å². The van der Waals surface area contributed by atoms with Crippen LogP contribution in [-0.4, -0.2) is 11.0 Å². The first kappa shape index (κ1) is 12.3. The maximum absolute atomic E-state index is 10.8. The number of nitrogens with one attached hydrogen (secondary N) is 1. The fourth-order valence-electron chi connectivity index (χ4n) is 1.28. The van der Waals surface area contributed by atoms with Crippen LogP contribution in [0.2, 0.25) is 0 Å². The Balaban J connectivity index is 2.09. The molecule has 0 fully saturated rings. The number of aromatic hydroxyl groups is 1. The lowest BCUT2D eigenvalue weighted by molar-refractivity contribution is -0.114. The molecule has 0 aliphatic rings. The van der Waals surface area contributed by atoms with Crippen LogP contribution in [-0.2, 0) is 4.79 Å². The number of thiophene rings is 1. The lowest BCUT2D eigenvalue weighted by Gasteiger charge is -2.00. The first-order chi connectivity index (χ1) is 8.65. The Bertz CT molecular complexity index is 575. The van der Waals surface area contributed by atoms with Gasteiger partial charge < -0.3 is 10.4 Å². The highest BCUT2D eigenvalue weighted by molar-refractivity contribution is 7.08. The average molecular weight is 261 g/mol. The molecule has 0 saturated carbocycles. The van der Waals surface area contributed by atoms with E-state index in [1.54, 1.807) is 35.0 Å². The molecule has 0 bridgehead atoms. The van der Waals surface area contributed by atoms with Crippen LogP contribution in [0, 0.1) is 0 Å². The smallest absolute Gasteiger partial charge is 0.221 e. The molecule has 0 aliphatic carbocycles. The molecule has 2 rings (SSSR count). The van der Waals surface area contributed by atoms with Gasteiger partial charge in [-0.15, -0.1) is 16.5 Å². The van der Waals surface area contributed by atoms with Crippen molar-refractivity contribution < 1.29 is 9.90 Å². The van der Waals surface area contributed by atoms with Crippen LogP contribution in [0.5, 0.6) is 5.75 Å². The zero-order chi connectivity index (χ0) is 13.0. The summed E-state index contributed by atoms with van der Waals surface area (Å²) in [6.45, 7) is 1.45. The van der Waals surface area contributed by atoms with Gasteiger partial charge >= 0.3 is 0 Å². The van der Waals surface area contributed by atoms with Crippen molar-refractivity contribution >= 4 is 34.3 Å². The molecule has 0 saturated heterocycles. The normalized spacial score (nSPS) is 10.7. The predicted molar refractivity (Wildman–Crippen MR) is 70.9 cm³/mol. The average Bonchev–Trinajstić information content (AvgIpc) is 2.73. The van der Waals surface area contributed by atoms with Crippen LogP contribution in [0.4, 0.5) is 17.1 Å². The molecule has 0 unspecified atom stereocenters. The Labute approximate surface area is 108 Å². The number of nitrogens with zero attached hydrogens (tertiary/aromatic N) is 2. The van der Waals surface area contributed by atoms with Crippen molar-refractivity contribution in [1.82, 2.24) is 0 Å². The molecule has 6 heteroatoms. The molecular weight excluding hydrogens is 250 g/mol. The van der Waals surface area contributed by atoms with E-state index in [0.29, 0.717) is 17.1 Å². The van der Waals surface area contributed by atoms with Crippen molar-refractivity contribution in [2.75, 3.05) is 5.32 Å². The van der Waals surface area contributed by atoms with Crippen LogP contribution in [0.25, 0.3) is 0 Å². The Hall–Kier alpha value is -2.21.